The van der Waals surface area contributed by atoms with Gasteiger partial charge in [-0.2, -0.15) is 0 Å². The number of piperidine rings is 1. The summed E-state index contributed by atoms with van der Waals surface area (Å²) in [4.78, 5) is 29.8. The van der Waals surface area contributed by atoms with Crippen LogP contribution in [0.4, 0.5) is 10.5 Å². The number of likely N-dealkylation sites (N-methyl/N-ethyl adjacent to an activating group) is 1. The van der Waals surface area contributed by atoms with Gasteiger partial charge in [-0.1, -0.05) is 19.9 Å². The molecule has 2 aromatic carbocycles. The molecule has 4 rings (SSSR count). The number of amides is 3. The Morgan fingerprint density at radius 1 is 1.00 bits per heavy atom. The fraction of sp³-hybridized carbons (Fsp3) is 0.533. The maximum absolute atomic E-state index is 12.8. The number of aryl methyl sites for hydroxylation is 1. The molecule has 1 aliphatic heterocycles. The molecule has 1 heterocycles. The predicted octanol–water partition coefficient (Wildman–Crippen LogP) is 4.35. The SMILES string of the molecule is CCCNC(=O)N1CCC(CN(CC)C2CCc3ccc(NC(=O)c4ccc(S(C)(=O)=O)cc4)cc3C2)CC1. The topological polar surface area (TPSA) is 98.8 Å². The molecule has 1 saturated heterocycles. The molecular weight excluding hydrogens is 512 g/mol. The average molecular weight is 555 g/mol. The van der Waals surface area contributed by atoms with Crippen molar-refractivity contribution in [2.45, 2.75) is 63.3 Å². The van der Waals surface area contributed by atoms with Crippen molar-refractivity contribution >= 4 is 27.5 Å². The first-order valence-electron chi connectivity index (χ1n) is 14.2. The highest BCUT2D eigenvalue weighted by Gasteiger charge is 2.28. The molecule has 2 N–H and O–H groups in total. The average Bonchev–Trinajstić information content (AvgIpc) is 2.94. The van der Waals surface area contributed by atoms with Crippen molar-refractivity contribution in [3.63, 3.8) is 0 Å². The van der Waals surface area contributed by atoms with Crippen LogP contribution in [-0.4, -0.2) is 75.2 Å². The molecule has 2 aromatic rings. The number of hydrogen-bond acceptors (Lipinski definition) is 5. The van der Waals surface area contributed by atoms with E-state index in [1.165, 1.54) is 23.3 Å². The minimum absolute atomic E-state index is 0.0698. The summed E-state index contributed by atoms with van der Waals surface area (Å²) in [5, 5.41) is 5.97. The van der Waals surface area contributed by atoms with Crippen molar-refractivity contribution in [3.05, 3.63) is 59.2 Å². The summed E-state index contributed by atoms with van der Waals surface area (Å²) in [7, 11) is -3.30. The van der Waals surface area contributed by atoms with E-state index in [2.05, 4.69) is 41.5 Å². The van der Waals surface area contributed by atoms with Gasteiger partial charge in [0.05, 0.1) is 4.90 Å². The zero-order valence-corrected chi connectivity index (χ0v) is 24.2. The van der Waals surface area contributed by atoms with E-state index in [-0.39, 0.29) is 16.8 Å². The van der Waals surface area contributed by atoms with Gasteiger partial charge in [0.2, 0.25) is 0 Å². The van der Waals surface area contributed by atoms with E-state index in [1.807, 2.05) is 11.0 Å². The quantitative estimate of drug-likeness (QED) is 0.480. The Morgan fingerprint density at radius 3 is 2.36 bits per heavy atom. The van der Waals surface area contributed by atoms with Gasteiger partial charge in [-0.05, 0) is 98.5 Å². The summed E-state index contributed by atoms with van der Waals surface area (Å²) in [6, 6.07) is 12.7. The van der Waals surface area contributed by atoms with E-state index in [0.717, 1.165) is 83.2 Å². The summed E-state index contributed by atoms with van der Waals surface area (Å²) < 4.78 is 23.4. The van der Waals surface area contributed by atoms with Crippen LogP contribution in [0, 0.1) is 5.92 Å². The van der Waals surface area contributed by atoms with Crippen LogP contribution in [0.3, 0.4) is 0 Å². The molecule has 1 atom stereocenters. The summed E-state index contributed by atoms with van der Waals surface area (Å²) in [5.74, 6) is 0.341. The Bertz CT molecular complexity index is 1250. The van der Waals surface area contributed by atoms with Gasteiger partial charge in [-0.15, -0.1) is 0 Å². The number of fused-ring (bicyclic) bond motifs is 1. The lowest BCUT2D eigenvalue weighted by Crippen LogP contribution is -2.47. The maximum Gasteiger partial charge on any atom is 0.317 e. The van der Waals surface area contributed by atoms with E-state index in [0.29, 0.717) is 17.5 Å². The molecule has 0 radical (unpaired) electrons. The zero-order chi connectivity index (χ0) is 28.0. The molecule has 0 spiro atoms. The van der Waals surface area contributed by atoms with Crippen LogP contribution in [0.5, 0.6) is 0 Å². The lowest BCUT2D eigenvalue weighted by Gasteiger charge is -2.39. The van der Waals surface area contributed by atoms with Gasteiger partial charge in [0, 0.05) is 49.7 Å². The normalized spacial score (nSPS) is 18.1. The number of likely N-dealkylation sites (tertiary alicyclic amines) is 1. The Morgan fingerprint density at radius 2 is 1.72 bits per heavy atom. The molecule has 1 unspecified atom stereocenters. The first-order valence-corrected chi connectivity index (χ1v) is 16.1. The van der Waals surface area contributed by atoms with E-state index in [4.69, 9.17) is 0 Å². The molecule has 8 nitrogen and oxygen atoms in total. The third-order valence-corrected chi connectivity index (χ3v) is 9.18. The van der Waals surface area contributed by atoms with Crippen molar-refractivity contribution in [1.82, 2.24) is 15.1 Å². The third-order valence-electron chi connectivity index (χ3n) is 8.05. The van der Waals surface area contributed by atoms with Crippen LogP contribution in [0.1, 0.15) is 61.0 Å². The largest absolute Gasteiger partial charge is 0.338 e. The number of hydrogen-bond donors (Lipinski definition) is 2. The van der Waals surface area contributed by atoms with Crippen LogP contribution in [0.2, 0.25) is 0 Å². The number of nitrogens with one attached hydrogen (secondary N) is 2. The fourth-order valence-corrected chi connectivity index (χ4v) is 6.34. The molecule has 1 fully saturated rings. The Labute approximate surface area is 233 Å². The standard InChI is InChI=1S/C30H42N4O4S/c1-4-16-31-30(36)34-17-14-22(15-18-34)21-33(5-2)27-11-7-23-6-10-26(19-25(23)20-27)32-29(35)24-8-12-28(13-9-24)39(3,37)38/h6,8-10,12-13,19,22,27H,4-5,7,11,14-18,20-21H2,1-3H3,(H,31,36)(H,32,35). The van der Waals surface area contributed by atoms with Gasteiger partial charge in [0.15, 0.2) is 9.84 Å². The van der Waals surface area contributed by atoms with Crippen molar-refractivity contribution in [1.29, 1.82) is 0 Å². The van der Waals surface area contributed by atoms with Crippen molar-refractivity contribution in [2.75, 3.05) is 44.3 Å². The van der Waals surface area contributed by atoms with Crippen LogP contribution in [-0.2, 0) is 22.7 Å². The molecule has 0 saturated carbocycles. The number of urea groups is 1. The second-order valence-electron chi connectivity index (χ2n) is 10.9. The smallest absolute Gasteiger partial charge is 0.317 e. The summed E-state index contributed by atoms with van der Waals surface area (Å²) in [5.41, 5.74) is 3.79. The number of nitrogens with zero attached hydrogens (tertiary/aromatic N) is 2. The molecule has 2 aliphatic rings. The van der Waals surface area contributed by atoms with Gasteiger partial charge in [-0.25, -0.2) is 13.2 Å². The lowest BCUT2D eigenvalue weighted by molar-refractivity contribution is 0.102. The molecule has 212 valence electrons. The van der Waals surface area contributed by atoms with Crippen LogP contribution in [0.25, 0.3) is 0 Å². The van der Waals surface area contributed by atoms with Gasteiger partial charge >= 0.3 is 6.03 Å². The summed E-state index contributed by atoms with van der Waals surface area (Å²) >= 11 is 0. The van der Waals surface area contributed by atoms with Crippen LogP contribution in [0.15, 0.2) is 47.4 Å². The molecule has 0 aromatic heterocycles. The first kappa shape index (κ1) is 29.1. The number of anilines is 1. The molecule has 39 heavy (non-hydrogen) atoms. The van der Waals surface area contributed by atoms with E-state index >= 15 is 0 Å². The molecule has 0 bridgehead atoms. The molecule has 9 heteroatoms. The maximum atomic E-state index is 12.8. The number of carbonyl (C=O) groups excluding carboxylic acids is 2. The van der Waals surface area contributed by atoms with Crippen molar-refractivity contribution < 1.29 is 18.0 Å². The fourth-order valence-electron chi connectivity index (χ4n) is 5.71. The zero-order valence-electron chi connectivity index (χ0n) is 23.4. The molecular formula is C30H42N4O4S. The highest BCUT2D eigenvalue weighted by molar-refractivity contribution is 7.90. The van der Waals surface area contributed by atoms with Crippen molar-refractivity contribution in [2.24, 2.45) is 5.92 Å². The Hall–Kier alpha value is -2.91. The number of sulfone groups is 1. The van der Waals surface area contributed by atoms with Crippen LogP contribution >= 0.6 is 0 Å². The Kier molecular flexibility index (Phi) is 9.67. The van der Waals surface area contributed by atoms with E-state index in [1.54, 1.807) is 12.1 Å². The highest BCUT2D eigenvalue weighted by atomic mass is 32.2. The summed E-state index contributed by atoms with van der Waals surface area (Å²) in [6.45, 7) is 8.73. The monoisotopic (exact) mass is 554 g/mol. The molecule has 3 amide bonds. The minimum Gasteiger partial charge on any atom is -0.338 e. The van der Waals surface area contributed by atoms with E-state index in [9.17, 15) is 18.0 Å². The predicted molar refractivity (Wildman–Crippen MR) is 155 cm³/mol. The number of benzene rings is 2. The van der Waals surface area contributed by atoms with Gasteiger partial charge < -0.3 is 20.4 Å². The highest BCUT2D eigenvalue weighted by Crippen LogP contribution is 2.29. The molecule has 1 aliphatic carbocycles. The van der Waals surface area contributed by atoms with Gasteiger partial charge in [0.25, 0.3) is 5.91 Å². The van der Waals surface area contributed by atoms with Gasteiger partial charge in [0.1, 0.15) is 0 Å². The van der Waals surface area contributed by atoms with Crippen molar-refractivity contribution in [3.8, 4) is 0 Å². The minimum atomic E-state index is -3.30. The summed E-state index contributed by atoms with van der Waals surface area (Å²) in [6.07, 6.45) is 7.29. The van der Waals surface area contributed by atoms with Gasteiger partial charge in [-0.3, -0.25) is 4.79 Å². The first-order chi connectivity index (χ1) is 18.7. The number of rotatable bonds is 9. The second-order valence-corrected chi connectivity index (χ2v) is 12.9. The Balaban J connectivity index is 1.34. The third kappa shape index (κ3) is 7.60. The second kappa shape index (κ2) is 13.0. The van der Waals surface area contributed by atoms with E-state index < -0.39 is 9.84 Å². The lowest BCUT2D eigenvalue weighted by atomic mass is 9.86. The number of carbonyl (C=O) groups is 2. The van der Waals surface area contributed by atoms with Crippen LogP contribution < -0.4 is 10.6 Å².